The number of hydrogen-bond acceptors (Lipinski definition) is 4. The third-order valence-electron chi connectivity index (χ3n) is 7.08. The molecule has 3 saturated heterocycles. The molecule has 1 spiro atoms. The number of carbonyl (C=O) groups is 2. The number of nitrogens with zero attached hydrogens (tertiary/aromatic N) is 1. The van der Waals surface area contributed by atoms with Crippen molar-refractivity contribution < 1.29 is 14.3 Å². The van der Waals surface area contributed by atoms with E-state index >= 15 is 0 Å². The summed E-state index contributed by atoms with van der Waals surface area (Å²) in [5.41, 5.74) is -0.0865. The number of piperidine rings is 1. The molecule has 31 heavy (non-hydrogen) atoms. The number of benzene rings is 1. The lowest BCUT2D eigenvalue weighted by atomic mass is 9.75. The predicted molar refractivity (Wildman–Crippen MR) is 120 cm³/mol. The minimum Gasteiger partial charge on any atom is -0.360 e. The molecular weight excluding hydrogens is 414 g/mol. The maximum absolute atomic E-state index is 13.5. The maximum atomic E-state index is 13.5. The lowest BCUT2D eigenvalue weighted by Crippen LogP contribution is -2.62. The summed E-state index contributed by atoms with van der Waals surface area (Å²) in [5, 5.41) is 7.53. The highest BCUT2D eigenvalue weighted by molar-refractivity contribution is 6.30. The van der Waals surface area contributed by atoms with Gasteiger partial charge in [0.2, 0.25) is 11.8 Å². The van der Waals surface area contributed by atoms with Gasteiger partial charge in [0.25, 0.3) is 0 Å². The molecular formula is C24H30ClN3O3. The molecule has 1 aromatic carbocycles. The summed E-state index contributed by atoms with van der Waals surface area (Å²) in [4.78, 5) is 28.6. The molecule has 4 aliphatic heterocycles. The average Bonchev–Trinajstić information content (AvgIpc) is 3.28. The van der Waals surface area contributed by atoms with Gasteiger partial charge in [-0.3, -0.25) is 9.59 Å². The monoisotopic (exact) mass is 443 g/mol. The highest BCUT2D eigenvalue weighted by Gasteiger charge is 2.67. The highest BCUT2D eigenvalue weighted by atomic mass is 35.5. The summed E-state index contributed by atoms with van der Waals surface area (Å²) >= 11 is 6.01. The summed E-state index contributed by atoms with van der Waals surface area (Å²) in [7, 11) is 0. The van der Waals surface area contributed by atoms with E-state index < -0.39 is 17.4 Å². The van der Waals surface area contributed by atoms with Crippen LogP contribution in [0.1, 0.15) is 40.5 Å². The SMILES string of the molecule is CC1(C)CC(NC(=O)[C@H]2[C@H]3C(=O)N(c4ccc(Cl)cc4)C[C@]34C=C[C@H]2O4)CC(C)(C)N1. The van der Waals surface area contributed by atoms with Gasteiger partial charge in [0, 0.05) is 27.8 Å². The zero-order valence-corrected chi connectivity index (χ0v) is 19.2. The van der Waals surface area contributed by atoms with E-state index in [4.69, 9.17) is 16.3 Å². The summed E-state index contributed by atoms with van der Waals surface area (Å²) < 4.78 is 6.26. The van der Waals surface area contributed by atoms with E-state index in [1.54, 1.807) is 17.0 Å². The van der Waals surface area contributed by atoms with Crippen molar-refractivity contribution in [3.8, 4) is 0 Å². The van der Waals surface area contributed by atoms with Crippen LogP contribution in [0.25, 0.3) is 0 Å². The molecule has 2 bridgehead atoms. The van der Waals surface area contributed by atoms with E-state index in [9.17, 15) is 9.59 Å². The van der Waals surface area contributed by atoms with Crippen LogP contribution in [0.3, 0.4) is 0 Å². The number of carbonyl (C=O) groups excluding carboxylic acids is 2. The predicted octanol–water partition coefficient (Wildman–Crippen LogP) is 3.05. The van der Waals surface area contributed by atoms with Gasteiger partial charge in [0.05, 0.1) is 24.5 Å². The Morgan fingerprint density at radius 1 is 1.16 bits per heavy atom. The summed E-state index contributed by atoms with van der Waals surface area (Å²) in [6.45, 7) is 9.07. The van der Waals surface area contributed by atoms with Crippen molar-refractivity contribution in [1.29, 1.82) is 0 Å². The van der Waals surface area contributed by atoms with Crippen LogP contribution in [-0.2, 0) is 14.3 Å². The first-order chi connectivity index (χ1) is 14.5. The molecule has 1 aromatic rings. The Balaban J connectivity index is 1.37. The average molecular weight is 444 g/mol. The van der Waals surface area contributed by atoms with E-state index in [1.807, 2.05) is 24.3 Å². The van der Waals surface area contributed by atoms with Gasteiger partial charge in [-0.1, -0.05) is 23.8 Å². The van der Waals surface area contributed by atoms with Crippen molar-refractivity contribution in [2.45, 2.75) is 69.4 Å². The Kier molecular flexibility index (Phi) is 4.60. The molecule has 3 fully saturated rings. The summed E-state index contributed by atoms with van der Waals surface area (Å²) in [5.74, 6) is -1.14. The number of rotatable bonds is 3. The van der Waals surface area contributed by atoms with Crippen molar-refractivity contribution in [2.24, 2.45) is 11.8 Å². The minimum atomic E-state index is -0.726. The number of fused-ring (bicyclic) bond motifs is 1. The number of halogens is 1. The fourth-order valence-electron chi connectivity index (χ4n) is 6.36. The first-order valence-corrected chi connectivity index (χ1v) is 11.4. The van der Waals surface area contributed by atoms with Gasteiger partial charge < -0.3 is 20.3 Å². The Bertz CT molecular complexity index is 941. The smallest absolute Gasteiger partial charge is 0.234 e. The normalized spacial score (nSPS) is 35.5. The van der Waals surface area contributed by atoms with Crippen LogP contribution in [0.15, 0.2) is 36.4 Å². The number of amides is 2. The van der Waals surface area contributed by atoms with Gasteiger partial charge in [-0.25, -0.2) is 0 Å². The van der Waals surface area contributed by atoms with Crippen LogP contribution < -0.4 is 15.5 Å². The van der Waals surface area contributed by atoms with E-state index in [1.165, 1.54) is 0 Å². The Labute approximate surface area is 188 Å². The van der Waals surface area contributed by atoms with Gasteiger partial charge in [-0.15, -0.1) is 0 Å². The quantitative estimate of drug-likeness (QED) is 0.704. The van der Waals surface area contributed by atoms with Crippen molar-refractivity contribution in [3.63, 3.8) is 0 Å². The van der Waals surface area contributed by atoms with Crippen LogP contribution in [0.2, 0.25) is 5.02 Å². The largest absolute Gasteiger partial charge is 0.360 e. The van der Waals surface area contributed by atoms with Crippen LogP contribution in [-0.4, -0.2) is 47.2 Å². The summed E-state index contributed by atoms with van der Waals surface area (Å²) in [6.07, 6.45) is 5.28. The second kappa shape index (κ2) is 6.80. The molecule has 2 N–H and O–H groups in total. The molecule has 5 rings (SSSR count). The number of ether oxygens (including phenoxy) is 1. The molecule has 0 aromatic heterocycles. The first-order valence-electron chi connectivity index (χ1n) is 11.0. The standard InChI is InChI=1S/C24H30ClN3O3/c1-22(2)11-15(12-23(3,4)27-22)26-20(29)18-17-9-10-24(31-17)13-28(21(30)19(18)24)16-7-5-14(25)6-8-16/h5-10,15,17-19,27H,11-13H2,1-4H3,(H,26,29)/t17-,18-,19+,24-/m1/s1. The Morgan fingerprint density at radius 3 is 2.45 bits per heavy atom. The molecule has 4 heterocycles. The Morgan fingerprint density at radius 2 is 1.81 bits per heavy atom. The van der Waals surface area contributed by atoms with Gasteiger partial charge in [0.1, 0.15) is 5.60 Å². The lowest BCUT2D eigenvalue weighted by Gasteiger charge is -2.47. The first kappa shape index (κ1) is 21.0. The summed E-state index contributed by atoms with van der Waals surface area (Å²) in [6, 6.07) is 7.27. The van der Waals surface area contributed by atoms with Crippen LogP contribution >= 0.6 is 11.6 Å². The van der Waals surface area contributed by atoms with E-state index in [0.29, 0.717) is 11.6 Å². The van der Waals surface area contributed by atoms with Crippen molar-refractivity contribution >= 4 is 29.1 Å². The third-order valence-corrected chi connectivity index (χ3v) is 7.33. The zero-order valence-electron chi connectivity index (χ0n) is 18.4. The maximum Gasteiger partial charge on any atom is 0.234 e. The fourth-order valence-corrected chi connectivity index (χ4v) is 6.48. The number of hydrogen-bond donors (Lipinski definition) is 2. The molecule has 4 atom stereocenters. The second-order valence-electron chi connectivity index (χ2n) is 10.8. The molecule has 0 unspecified atom stereocenters. The topological polar surface area (TPSA) is 70.7 Å². The second-order valence-corrected chi connectivity index (χ2v) is 11.2. The van der Waals surface area contributed by atoms with Gasteiger partial charge in [-0.2, -0.15) is 0 Å². The molecule has 6 nitrogen and oxygen atoms in total. The fraction of sp³-hybridized carbons (Fsp3) is 0.583. The number of anilines is 1. The zero-order chi connectivity index (χ0) is 22.2. The van der Waals surface area contributed by atoms with Gasteiger partial charge in [-0.05, 0) is 64.8 Å². The van der Waals surface area contributed by atoms with Crippen molar-refractivity contribution in [3.05, 3.63) is 41.4 Å². The van der Waals surface area contributed by atoms with Gasteiger partial charge in [0.15, 0.2) is 0 Å². The number of nitrogens with one attached hydrogen (secondary N) is 2. The van der Waals surface area contributed by atoms with E-state index in [-0.39, 0.29) is 35.0 Å². The lowest BCUT2D eigenvalue weighted by molar-refractivity contribution is -0.132. The molecule has 7 heteroatoms. The van der Waals surface area contributed by atoms with Crippen LogP contribution in [0.4, 0.5) is 5.69 Å². The molecule has 166 valence electrons. The van der Waals surface area contributed by atoms with Gasteiger partial charge >= 0.3 is 0 Å². The highest BCUT2D eigenvalue weighted by Crippen LogP contribution is 2.52. The van der Waals surface area contributed by atoms with Crippen LogP contribution in [0, 0.1) is 11.8 Å². The Hall–Kier alpha value is -1.89. The molecule has 0 aliphatic carbocycles. The van der Waals surface area contributed by atoms with Crippen molar-refractivity contribution in [2.75, 3.05) is 11.4 Å². The molecule has 0 saturated carbocycles. The van der Waals surface area contributed by atoms with Crippen molar-refractivity contribution in [1.82, 2.24) is 10.6 Å². The van der Waals surface area contributed by atoms with Crippen LogP contribution in [0.5, 0.6) is 0 Å². The van der Waals surface area contributed by atoms with E-state index in [2.05, 4.69) is 38.3 Å². The minimum absolute atomic E-state index is 0.0553. The molecule has 0 radical (unpaired) electrons. The molecule has 4 aliphatic rings. The third kappa shape index (κ3) is 3.49. The molecule has 2 amide bonds. The van der Waals surface area contributed by atoms with E-state index in [0.717, 1.165) is 18.5 Å².